The Balaban J connectivity index is 1.94. The zero-order valence-corrected chi connectivity index (χ0v) is 26.3. The minimum Gasteiger partial charge on any atom is -0.449 e. The third kappa shape index (κ3) is 11.1. The molecule has 0 saturated carbocycles. The molecule has 14 heteroatoms. The summed E-state index contributed by atoms with van der Waals surface area (Å²) in [6.45, 7) is 5.14. The van der Waals surface area contributed by atoms with Gasteiger partial charge in [0.1, 0.15) is 18.6 Å². The van der Waals surface area contributed by atoms with Crippen LogP contribution in [0.5, 0.6) is 0 Å². The Labute approximate surface area is 258 Å². The van der Waals surface area contributed by atoms with Gasteiger partial charge < -0.3 is 35.8 Å². The number of hydrogen-bond donors (Lipinski definition) is 4. The molecule has 3 atom stereocenters. The summed E-state index contributed by atoms with van der Waals surface area (Å²) in [5, 5.41) is 9.89. The number of alkyl carbamates (subject to hydrolysis) is 1. The normalized spacial score (nSPS) is 17.2. The first kappa shape index (κ1) is 36.0. The lowest BCUT2D eigenvalue weighted by atomic mass is 9.97. The van der Waals surface area contributed by atoms with Crippen LogP contribution >= 0.6 is 0 Å². The van der Waals surface area contributed by atoms with Gasteiger partial charge in [0.25, 0.3) is 5.91 Å². The van der Waals surface area contributed by atoms with Crippen LogP contribution in [-0.4, -0.2) is 110 Å². The fourth-order valence-electron chi connectivity index (χ4n) is 4.76. The molecule has 0 radical (unpaired) electrons. The first-order chi connectivity index (χ1) is 20.8. The quantitative estimate of drug-likeness (QED) is 0.187. The Morgan fingerprint density at radius 3 is 2.39 bits per heavy atom. The topological polar surface area (TPSA) is 183 Å². The van der Waals surface area contributed by atoms with Crippen LogP contribution in [0.1, 0.15) is 59.3 Å². The molecule has 4 N–H and O–H groups in total. The van der Waals surface area contributed by atoms with Crippen LogP contribution in [0.2, 0.25) is 0 Å². The van der Waals surface area contributed by atoms with E-state index in [1.807, 2.05) is 26.0 Å². The highest BCUT2D eigenvalue weighted by atomic mass is 16.5. The second kappa shape index (κ2) is 17.8. The van der Waals surface area contributed by atoms with Crippen molar-refractivity contribution in [3.05, 3.63) is 23.8 Å². The summed E-state index contributed by atoms with van der Waals surface area (Å²) in [6.07, 6.45) is 7.66. The number of amides is 6. The van der Waals surface area contributed by atoms with Crippen LogP contribution in [0.4, 0.5) is 4.79 Å². The minimum absolute atomic E-state index is 0.134. The molecule has 1 fully saturated rings. The van der Waals surface area contributed by atoms with Crippen molar-refractivity contribution in [2.45, 2.75) is 77.4 Å². The van der Waals surface area contributed by atoms with Gasteiger partial charge in [0, 0.05) is 20.6 Å². The van der Waals surface area contributed by atoms with Crippen LogP contribution in [-0.2, 0) is 33.5 Å². The highest BCUT2D eigenvalue weighted by Gasteiger charge is 2.37. The van der Waals surface area contributed by atoms with Gasteiger partial charge in [-0.15, -0.1) is 0 Å². The largest absolute Gasteiger partial charge is 0.449 e. The lowest BCUT2D eigenvalue weighted by Crippen LogP contribution is -2.55. The van der Waals surface area contributed by atoms with Crippen molar-refractivity contribution >= 4 is 41.4 Å². The molecule has 14 nitrogen and oxygen atoms in total. The fourth-order valence-corrected chi connectivity index (χ4v) is 4.76. The third-order valence-electron chi connectivity index (χ3n) is 7.06. The number of carbonyl (C=O) groups is 7. The van der Waals surface area contributed by atoms with Crippen molar-refractivity contribution in [2.24, 2.45) is 5.92 Å². The summed E-state index contributed by atoms with van der Waals surface area (Å²) in [7, 11) is 3.15. The summed E-state index contributed by atoms with van der Waals surface area (Å²) >= 11 is 0. The molecule has 2 unspecified atom stereocenters. The average Bonchev–Trinajstić information content (AvgIpc) is 3.50. The van der Waals surface area contributed by atoms with E-state index < -0.39 is 60.2 Å². The molecule has 0 bridgehead atoms. The number of rotatable bonds is 15. The number of hydrogen-bond acceptors (Lipinski definition) is 8. The van der Waals surface area contributed by atoms with E-state index in [2.05, 4.69) is 21.3 Å². The number of ether oxygens (including phenoxy) is 1. The van der Waals surface area contributed by atoms with E-state index in [1.54, 1.807) is 27.1 Å². The average molecular weight is 619 g/mol. The van der Waals surface area contributed by atoms with Crippen molar-refractivity contribution in [1.29, 1.82) is 0 Å². The molecule has 2 rings (SSSR count). The van der Waals surface area contributed by atoms with Gasteiger partial charge in [-0.05, 0) is 43.6 Å². The molecule has 1 heterocycles. The highest BCUT2D eigenvalue weighted by molar-refractivity contribution is 6.38. The zero-order chi connectivity index (χ0) is 32.8. The second-order valence-electron chi connectivity index (χ2n) is 11.4. The number of ketones is 1. The van der Waals surface area contributed by atoms with Crippen molar-refractivity contribution in [3.63, 3.8) is 0 Å². The maximum absolute atomic E-state index is 13.1. The molecule has 2 aliphatic rings. The smallest absolute Gasteiger partial charge is 0.407 e. The molecular weight excluding hydrogens is 572 g/mol. The SMILES string of the molecule is CCCC(NC(=O)[C@@H]1CCCN1C(=O)CNC(=O)OCC(C)C)C(=O)C(=O)NCC(=O)NC(C(=O)N(C)C)C1=CC=CCC1. The number of likely N-dealkylation sites (tertiary alicyclic amines) is 1. The number of carbonyl (C=O) groups excluding carboxylic acids is 7. The predicted octanol–water partition coefficient (Wildman–Crippen LogP) is 0.179. The first-order valence-corrected chi connectivity index (χ1v) is 15.0. The fraction of sp³-hybridized carbons (Fsp3) is 0.633. The van der Waals surface area contributed by atoms with E-state index in [9.17, 15) is 33.6 Å². The van der Waals surface area contributed by atoms with Gasteiger partial charge in [0.2, 0.25) is 29.4 Å². The Morgan fingerprint density at radius 2 is 1.77 bits per heavy atom. The van der Waals surface area contributed by atoms with Gasteiger partial charge in [-0.25, -0.2) is 4.79 Å². The molecule has 44 heavy (non-hydrogen) atoms. The van der Waals surface area contributed by atoms with Crippen LogP contribution in [0.25, 0.3) is 0 Å². The van der Waals surface area contributed by atoms with Crippen molar-refractivity contribution in [2.75, 3.05) is 40.3 Å². The van der Waals surface area contributed by atoms with Gasteiger partial charge >= 0.3 is 6.09 Å². The van der Waals surface area contributed by atoms with E-state index in [-0.39, 0.29) is 31.4 Å². The Hall–Kier alpha value is -4.23. The molecule has 244 valence electrons. The zero-order valence-electron chi connectivity index (χ0n) is 26.3. The lowest BCUT2D eigenvalue weighted by Gasteiger charge is -2.26. The Kier molecular flexibility index (Phi) is 14.5. The summed E-state index contributed by atoms with van der Waals surface area (Å²) in [5.41, 5.74) is 0.731. The van der Waals surface area contributed by atoms with E-state index >= 15 is 0 Å². The summed E-state index contributed by atoms with van der Waals surface area (Å²) in [4.78, 5) is 91.4. The maximum atomic E-state index is 13.1. The summed E-state index contributed by atoms with van der Waals surface area (Å²) in [5.74, 6) is -3.90. The van der Waals surface area contributed by atoms with Gasteiger partial charge in [0.05, 0.1) is 19.2 Å². The molecule has 1 aliphatic carbocycles. The number of nitrogens with zero attached hydrogens (tertiary/aromatic N) is 2. The summed E-state index contributed by atoms with van der Waals surface area (Å²) in [6, 6.07) is -2.94. The van der Waals surface area contributed by atoms with E-state index in [1.165, 1.54) is 9.80 Å². The van der Waals surface area contributed by atoms with Crippen LogP contribution in [0, 0.1) is 5.92 Å². The Morgan fingerprint density at radius 1 is 1.05 bits per heavy atom. The Bertz CT molecular complexity index is 1150. The molecule has 6 amide bonds. The number of Topliss-reactive ketones (excluding diaryl/α,β-unsaturated/α-hetero) is 1. The van der Waals surface area contributed by atoms with E-state index in [0.717, 1.165) is 12.0 Å². The van der Waals surface area contributed by atoms with Crippen molar-refractivity contribution in [3.8, 4) is 0 Å². The van der Waals surface area contributed by atoms with Gasteiger partial charge in [0.15, 0.2) is 0 Å². The number of likely N-dealkylation sites (N-methyl/N-ethyl adjacent to an activating group) is 1. The van der Waals surface area contributed by atoms with E-state index in [4.69, 9.17) is 4.74 Å². The van der Waals surface area contributed by atoms with Gasteiger partial charge in [-0.1, -0.05) is 45.4 Å². The highest BCUT2D eigenvalue weighted by Crippen LogP contribution is 2.19. The second-order valence-corrected chi connectivity index (χ2v) is 11.4. The van der Waals surface area contributed by atoms with Crippen molar-refractivity contribution in [1.82, 2.24) is 31.1 Å². The molecule has 0 aromatic heterocycles. The number of nitrogens with one attached hydrogen (secondary N) is 4. The standard InChI is InChI=1S/C30H46N6O8/c1-6-11-21(33-27(40)22-14-10-15-36(22)24(38)17-32-30(43)44-18-19(2)3)26(39)28(41)31-16-23(37)34-25(29(42)35(4)5)20-12-8-7-9-13-20/h7-8,12,19,21-22,25H,6,9-11,13-18H2,1-5H3,(H,31,41)(H,32,43)(H,33,40)(H,34,37)/t21?,22-,25?/m0/s1. The molecule has 0 spiro atoms. The van der Waals surface area contributed by atoms with Crippen LogP contribution < -0.4 is 21.3 Å². The van der Waals surface area contributed by atoms with E-state index in [0.29, 0.717) is 32.2 Å². The monoisotopic (exact) mass is 618 g/mol. The van der Waals surface area contributed by atoms with Gasteiger partial charge in [-0.3, -0.25) is 28.8 Å². The maximum Gasteiger partial charge on any atom is 0.407 e. The van der Waals surface area contributed by atoms with Crippen molar-refractivity contribution < 1.29 is 38.3 Å². The van der Waals surface area contributed by atoms with Crippen LogP contribution in [0.15, 0.2) is 23.8 Å². The van der Waals surface area contributed by atoms with Gasteiger partial charge in [-0.2, -0.15) is 0 Å². The minimum atomic E-state index is -1.17. The van der Waals surface area contributed by atoms with Crippen LogP contribution in [0.3, 0.4) is 0 Å². The number of allylic oxidation sites excluding steroid dienone is 3. The summed E-state index contributed by atoms with van der Waals surface area (Å²) < 4.78 is 5.00. The predicted molar refractivity (Wildman–Crippen MR) is 161 cm³/mol. The molecule has 0 aromatic carbocycles. The molecule has 0 aromatic rings. The third-order valence-corrected chi connectivity index (χ3v) is 7.06. The molecule has 1 aliphatic heterocycles. The lowest BCUT2D eigenvalue weighted by molar-refractivity contribution is -0.142. The first-order valence-electron chi connectivity index (χ1n) is 15.0. The molecule has 1 saturated heterocycles. The molecular formula is C30H46N6O8.